The van der Waals surface area contributed by atoms with Crippen molar-refractivity contribution in [3.8, 4) is 0 Å². The molecule has 0 bridgehead atoms. The summed E-state index contributed by atoms with van der Waals surface area (Å²) in [6.07, 6.45) is 10.7. The van der Waals surface area contributed by atoms with E-state index in [-0.39, 0.29) is 18.3 Å². The normalized spacial score (nSPS) is 30.7. The number of hydrogen-bond acceptors (Lipinski definition) is 2. The van der Waals surface area contributed by atoms with Gasteiger partial charge in [0.15, 0.2) is 0 Å². The van der Waals surface area contributed by atoms with Gasteiger partial charge >= 0.3 is 0 Å². The van der Waals surface area contributed by atoms with E-state index < -0.39 is 0 Å². The Morgan fingerprint density at radius 3 is 2.53 bits per heavy atom. The molecule has 1 heterocycles. The lowest BCUT2D eigenvalue weighted by Crippen LogP contribution is -2.40. The van der Waals surface area contributed by atoms with E-state index in [2.05, 4.69) is 17.6 Å². The van der Waals surface area contributed by atoms with Crippen molar-refractivity contribution in [3.63, 3.8) is 0 Å². The predicted octanol–water partition coefficient (Wildman–Crippen LogP) is 3.03. The summed E-state index contributed by atoms with van der Waals surface area (Å²) in [5, 5.41) is 6.62. The van der Waals surface area contributed by atoms with Crippen molar-refractivity contribution in [2.75, 3.05) is 6.54 Å². The van der Waals surface area contributed by atoms with Crippen LogP contribution in [0, 0.1) is 5.92 Å². The van der Waals surface area contributed by atoms with Crippen molar-refractivity contribution >= 4 is 18.3 Å². The molecule has 0 aromatic carbocycles. The summed E-state index contributed by atoms with van der Waals surface area (Å²) in [6.45, 7) is 3.35. The smallest absolute Gasteiger partial charge is 0.221 e. The van der Waals surface area contributed by atoms with Crippen LogP contribution in [0.2, 0.25) is 0 Å². The third-order valence-electron chi connectivity index (χ3n) is 4.50. The molecule has 112 valence electrons. The van der Waals surface area contributed by atoms with E-state index in [1.807, 2.05) is 0 Å². The second-order valence-corrected chi connectivity index (χ2v) is 6.07. The Morgan fingerprint density at radius 2 is 1.95 bits per heavy atom. The maximum atomic E-state index is 11.9. The standard InChI is InChI=1S/C15H28N2O.ClH/c1-2-4-12-6-8-13(9-7-12)17-15(18)11-14-5-3-10-16-14;/h12-14,16H,2-11H2,1H3,(H,17,18);1H. The Morgan fingerprint density at radius 1 is 1.21 bits per heavy atom. The van der Waals surface area contributed by atoms with E-state index in [1.165, 1.54) is 44.9 Å². The number of carbonyl (C=O) groups excluding carboxylic acids is 1. The van der Waals surface area contributed by atoms with Gasteiger partial charge in [-0.05, 0) is 51.0 Å². The molecule has 1 aliphatic heterocycles. The minimum absolute atomic E-state index is 0. The van der Waals surface area contributed by atoms with Crippen molar-refractivity contribution in [3.05, 3.63) is 0 Å². The van der Waals surface area contributed by atoms with Crippen LogP contribution >= 0.6 is 12.4 Å². The molecule has 1 saturated heterocycles. The van der Waals surface area contributed by atoms with Crippen LogP contribution in [-0.2, 0) is 4.79 Å². The van der Waals surface area contributed by atoms with Gasteiger partial charge in [-0.15, -0.1) is 12.4 Å². The summed E-state index contributed by atoms with van der Waals surface area (Å²) in [4.78, 5) is 11.9. The Balaban J connectivity index is 0.00000180. The first-order chi connectivity index (χ1) is 8.78. The SMILES string of the molecule is CCCC1CCC(NC(=O)CC2CCCN2)CC1.Cl. The van der Waals surface area contributed by atoms with Gasteiger partial charge in [0.25, 0.3) is 0 Å². The van der Waals surface area contributed by atoms with Gasteiger partial charge in [0, 0.05) is 18.5 Å². The van der Waals surface area contributed by atoms with Crippen molar-refractivity contribution in [2.24, 2.45) is 5.92 Å². The lowest BCUT2D eigenvalue weighted by atomic mass is 9.83. The van der Waals surface area contributed by atoms with E-state index in [0.717, 1.165) is 18.9 Å². The molecular weight excluding hydrogens is 260 g/mol. The summed E-state index contributed by atoms with van der Waals surface area (Å²) in [7, 11) is 0. The molecule has 1 atom stereocenters. The topological polar surface area (TPSA) is 41.1 Å². The molecule has 4 heteroatoms. The van der Waals surface area contributed by atoms with E-state index in [4.69, 9.17) is 0 Å². The van der Waals surface area contributed by atoms with Crippen LogP contribution in [0.15, 0.2) is 0 Å². The Hall–Kier alpha value is -0.280. The number of rotatable bonds is 5. The molecule has 1 saturated carbocycles. The quantitative estimate of drug-likeness (QED) is 0.816. The van der Waals surface area contributed by atoms with E-state index >= 15 is 0 Å². The first-order valence-electron chi connectivity index (χ1n) is 7.80. The third-order valence-corrected chi connectivity index (χ3v) is 4.50. The zero-order valence-corrected chi connectivity index (χ0v) is 12.9. The lowest BCUT2D eigenvalue weighted by Gasteiger charge is -2.29. The number of amides is 1. The van der Waals surface area contributed by atoms with Gasteiger partial charge in [-0.1, -0.05) is 19.8 Å². The molecule has 19 heavy (non-hydrogen) atoms. The average molecular weight is 289 g/mol. The van der Waals surface area contributed by atoms with Crippen molar-refractivity contribution in [2.45, 2.75) is 76.8 Å². The van der Waals surface area contributed by atoms with Gasteiger partial charge in [0.1, 0.15) is 0 Å². The first kappa shape index (κ1) is 16.8. The summed E-state index contributed by atoms with van der Waals surface area (Å²) >= 11 is 0. The zero-order valence-electron chi connectivity index (χ0n) is 12.1. The Bertz CT molecular complexity index is 259. The van der Waals surface area contributed by atoms with Crippen molar-refractivity contribution in [1.29, 1.82) is 0 Å². The molecular formula is C15H29ClN2O. The molecule has 1 amide bonds. The van der Waals surface area contributed by atoms with E-state index in [1.54, 1.807) is 0 Å². The van der Waals surface area contributed by atoms with Gasteiger partial charge in [-0.3, -0.25) is 4.79 Å². The van der Waals surface area contributed by atoms with Gasteiger partial charge in [0.2, 0.25) is 5.91 Å². The highest BCUT2D eigenvalue weighted by molar-refractivity contribution is 5.85. The van der Waals surface area contributed by atoms with Crippen molar-refractivity contribution < 1.29 is 4.79 Å². The van der Waals surface area contributed by atoms with Crippen LogP contribution in [0.25, 0.3) is 0 Å². The van der Waals surface area contributed by atoms with Crippen LogP contribution < -0.4 is 10.6 Å². The largest absolute Gasteiger partial charge is 0.353 e. The van der Waals surface area contributed by atoms with Gasteiger partial charge in [-0.25, -0.2) is 0 Å². The predicted molar refractivity (Wildman–Crippen MR) is 81.7 cm³/mol. The molecule has 2 fully saturated rings. The summed E-state index contributed by atoms with van der Waals surface area (Å²) in [5.41, 5.74) is 0. The van der Waals surface area contributed by atoms with E-state index in [9.17, 15) is 4.79 Å². The third kappa shape index (κ3) is 5.70. The fourth-order valence-corrected chi connectivity index (χ4v) is 3.45. The minimum atomic E-state index is 0. The van der Waals surface area contributed by atoms with Crippen LogP contribution in [0.5, 0.6) is 0 Å². The van der Waals surface area contributed by atoms with Gasteiger partial charge in [-0.2, -0.15) is 0 Å². The molecule has 0 spiro atoms. The number of halogens is 1. The fraction of sp³-hybridized carbons (Fsp3) is 0.933. The van der Waals surface area contributed by atoms with Crippen LogP contribution in [0.4, 0.5) is 0 Å². The molecule has 0 aromatic heterocycles. The second kappa shape index (κ2) is 8.80. The molecule has 0 aromatic rings. The fourth-order valence-electron chi connectivity index (χ4n) is 3.45. The number of carbonyl (C=O) groups is 1. The Labute approximate surface area is 123 Å². The Kier molecular flexibility index (Phi) is 7.77. The van der Waals surface area contributed by atoms with Crippen molar-refractivity contribution in [1.82, 2.24) is 10.6 Å². The number of nitrogens with one attached hydrogen (secondary N) is 2. The molecule has 2 rings (SSSR count). The van der Waals surface area contributed by atoms with Crippen LogP contribution in [0.1, 0.15) is 64.7 Å². The van der Waals surface area contributed by atoms with Gasteiger partial charge in [0.05, 0.1) is 0 Å². The monoisotopic (exact) mass is 288 g/mol. The molecule has 0 radical (unpaired) electrons. The average Bonchev–Trinajstić information content (AvgIpc) is 2.84. The van der Waals surface area contributed by atoms with E-state index in [0.29, 0.717) is 18.5 Å². The molecule has 3 nitrogen and oxygen atoms in total. The maximum absolute atomic E-state index is 11.9. The molecule has 2 N–H and O–H groups in total. The highest BCUT2D eigenvalue weighted by atomic mass is 35.5. The second-order valence-electron chi connectivity index (χ2n) is 6.07. The minimum Gasteiger partial charge on any atom is -0.353 e. The molecule has 1 aliphatic carbocycles. The number of hydrogen-bond donors (Lipinski definition) is 2. The summed E-state index contributed by atoms with van der Waals surface area (Å²) in [5.74, 6) is 1.17. The van der Waals surface area contributed by atoms with Crippen LogP contribution in [-0.4, -0.2) is 24.5 Å². The maximum Gasteiger partial charge on any atom is 0.221 e. The lowest BCUT2D eigenvalue weighted by molar-refractivity contribution is -0.122. The highest BCUT2D eigenvalue weighted by Gasteiger charge is 2.23. The zero-order chi connectivity index (χ0) is 12.8. The molecule has 1 unspecified atom stereocenters. The first-order valence-corrected chi connectivity index (χ1v) is 7.80. The van der Waals surface area contributed by atoms with Gasteiger partial charge < -0.3 is 10.6 Å². The van der Waals surface area contributed by atoms with Crippen LogP contribution in [0.3, 0.4) is 0 Å². The molecule has 2 aliphatic rings. The summed E-state index contributed by atoms with van der Waals surface area (Å²) < 4.78 is 0. The summed E-state index contributed by atoms with van der Waals surface area (Å²) in [6, 6.07) is 0.883. The highest BCUT2D eigenvalue weighted by Crippen LogP contribution is 2.27.